The molecular weight excluding hydrogens is 517 g/mol. The third-order valence-electron chi connectivity index (χ3n) is 7.08. The van der Waals surface area contributed by atoms with Gasteiger partial charge in [0.25, 0.3) is 5.91 Å². The van der Waals surface area contributed by atoms with Crippen molar-refractivity contribution in [2.24, 2.45) is 5.41 Å². The van der Waals surface area contributed by atoms with Gasteiger partial charge in [0.2, 0.25) is 0 Å². The first-order valence-corrected chi connectivity index (χ1v) is 13.0. The van der Waals surface area contributed by atoms with Crippen molar-refractivity contribution in [2.45, 2.75) is 46.2 Å². The standard InChI is InChI=1S/C31H29F3N4O2/c1-19-4-6-20(7-5-19)14-15-35-29(40)22-10-13-26(36-18-22)38-24-16-30(2,3)17-25(39)27(24)28(37-38)21-8-11-23(12-9-21)31(32,33)34/h4-13,18H,14-17H2,1-3H3,(H,35,40). The van der Waals surface area contributed by atoms with Gasteiger partial charge in [-0.15, -0.1) is 0 Å². The molecule has 40 heavy (non-hydrogen) atoms. The molecule has 5 rings (SSSR count). The number of alkyl halides is 3. The number of fused-ring (bicyclic) bond motifs is 1. The molecule has 0 saturated heterocycles. The fraction of sp³-hybridized carbons (Fsp3) is 0.290. The van der Waals surface area contributed by atoms with Crippen LogP contribution in [-0.2, 0) is 19.0 Å². The van der Waals surface area contributed by atoms with Gasteiger partial charge in [-0.1, -0.05) is 55.8 Å². The molecule has 1 aliphatic carbocycles. The lowest BCUT2D eigenvalue weighted by Gasteiger charge is -2.29. The number of nitrogens with one attached hydrogen (secondary N) is 1. The molecule has 0 aliphatic heterocycles. The molecule has 2 aromatic carbocycles. The first kappa shape index (κ1) is 27.3. The number of ketones is 1. The monoisotopic (exact) mass is 546 g/mol. The summed E-state index contributed by atoms with van der Waals surface area (Å²) in [4.78, 5) is 30.4. The minimum absolute atomic E-state index is 0.114. The normalized spacial score (nSPS) is 14.6. The zero-order chi connectivity index (χ0) is 28.7. The van der Waals surface area contributed by atoms with Crippen molar-refractivity contribution in [2.75, 3.05) is 6.54 Å². The maximum atomic E-state index is 13.2. The molecule has 0 atom stereocenters. The molecule has 4 aromatic rings. The van der Waals surface area contributed by atoms with Crippen molar-refractivity contribution in [1.82, 2.24) is 20.1 Å². The van der Waals surface area contributed by atoms with Gasteiger partial charge in [-0.2, -0.15) is 18.3 Å². The number of hydrogen-bond donors (Lipinski definition) is 1. The van der Waals surface area contributed by atoms with Crippen molar-refractivity contribution in [3.8, 4) is 17.1 Å². The van der Waals surface area contributed by atoms with E-state index in [4.69, 9.17) is 0 Å². The van der Waals surface area contributed by atoms with Gasteiger partial charge in [0, 0.05) is 24.7 Å². The number of carbonyl (C=O) groups is 2. The molecule has 0 saturated carbocycles. The minimum atomic E-state index is -4.46. The highest BCUT2D eigenvalue weighted by molar-refractivity contribution is 6.04. The smallest absolute Gasteiger partial charge is 0.352 e. The number of hydrogen-bond acceptors (Lipinski definition) is 4. The first-order valence-electron chi connectivity index (χ1n) is 13.0. The van der Waals surface area contributed by atoms with E-state index in [1.54, 1.807) is 16.8 Å². The molecule has 0 radical (unpaired) electrons. The van der Waals surface area contributed by atoms with Crippen LogP contribution in [0.3, 0.4) is 0 Å². The Kier molecular flexibility index (Phi) is 7.08. The number of halogens is 3. The average molecular weight is 547 g/mol. The van der Waals surface area contributed by atoms with E-state index in [-0.39, 0.29) is 17.1 Å². The summed E-state index contributed by atoms with van der Waals surface area (Å²) in [5.41, 5.74) is 3.39. The summed E-state index contributed by atoms with van der Waals surface area (Å²) < 4.78 is 40.9. The lowest BCUT2D eigenvalue weighted by molar-refractivity contribution is -0.137. The van der Waals surface area contributed by atoms with Crippen molar-refractivity contribution in [3.63, 3.8) is 0 Å². The predicted octanol–water partition coefficient (Wildman–Crippen LogP) is 6.39. The maximum absolute atomic E-state index is 13.2. The Morgan fingerprint density at radius 3 is 2.33 bits per heavy atom. The number of aryl methyl sites for hydroxylation is 1. The van der Waals surface area contributed by atoms with Gasteiger partial charge in [0.05, 0.1) is 22.4 Å². The SMILES string of the molecule is Cc1ccc(CCNC(=O)c2ccc(-n3nc(-c4ccc(C(F)(F)F)cc4)c4c3CC(C)(C)CC4=O)nc2)cc1. The van der Waals surface area contributed by atoms with Gasteiger partial charge < -0.3 is 5.32 Å². The van der Waals surface area contributed by atoms with Crippen LogP contribution >= 0.6 is 0 Å². The van der Waals surface area contributed by atoms with Crippen LogP contribution in [0.15, 0.2) is 66.9 Å². The van der Waals surface area contributed by atoms with E-state index in [0.717, 1.165) is 17.7 Å². The van der Waals surface area contributed by atoms with Crippen LogP contribution in [0.25, 0.3) is 17.1 Å². The van der Waals surface area contributed by atoms with Gasteiger partial charge in [-0.25, -0.2) is 9.67 Å². The van der Waals surface area contributed by atoms with Crippen LogP contribution in [0, 0.1) is 12.3 Å². The van der Waals surface area contributed by atoms with Gasteiger partial charge in [-0.3, -0.25) is 9.59 Å². The lowest BCUT2D eigenvalue weighted by Crippen LogP contribution is -2.28. The van der Waals surface area contributed by atoms with Crippen molar-refractivity contribution < 1.29 is 22.8 Å². The Balaban J connectivity index is 1.41. The maximum Gasteiger partial charge on any atom is 0.416 e. The summed E-state index contributed by atoms with van der Waals surface area (Å²) in [5, 5.41) is 7.56. The molecule has 206 valence electrons. The van der Waals surface area contributed by atoms with Crippen molar-refractivity contribution in [3.05, 3.63) is 100 Å². The predicted molar refractivity (Wildman–Crippen MR) is 145 cm³/mol. The molecule has 1 aliphatic rings. The number of aromatic nitrogens is 3. The second kappa shape index (κ2) is 10.4. The van der Waals surface area contributed by atoms with Gasteiger partial charge >= 0.3 is 6.18 Å². The summed E-state index contributed by atoms with van der Waals surface area (Å²) in [5.74, 6) is 0.0449. The Labute approximate surface area is 230 Å². The highest BCUT2D eigenvalue weighted by Crippen LogP contribution is 2.40. The average Bonchev–Trinajstić information content (AvgIpc) is 3.28. The Morgan fingerprint density at radius 2 is 1.70 bits per heavy atom. The topological polar surface area (TPSA) is 76.9 Å². The summed E-state index contributed by atoms with van der Waals surface area (Å²) in [7, 11) is 0. The van der Waals surface area contributed by atoms with E-state index >= 15 is 0 Å². The van der Waals surface area contributed by atoms with Gasteiger partial charge in [0.15, 0.2) is 11.6 Å². The summed E-state index contributed by atoms with van der Waals surface area (Å²) in [6, 6.07) is 16.1. The molecule has 0 unspecified atom stereocenters. The number of nitrogens with zero attached hydrogens (tertiary/aromatic N) is 3. The van der Waals surface area contributed by atoms with E-state index in [0.29, 0.717) is 59.7 Å². The zero-order valence-electron chi connectivity index (χ0n) is 22.5. The highest BCUT2D eigenvalue weighted by Gasteiger charge is 2.37. The molecule has 1 amide bonds. The lowest BCUT2D eigenvalue weighted by atomic mass is 9.75. The zero-order valence-corrected chi connectivity index (χ0v) is 22.5. The number of rotatable bonds is 6. The molecule has 0 bridgehead atoms. The number of Topliss-reactive ketones (excluding diaryl/α,β-unsaturated/α-hetero) is 1. The second-order valence-corrected chi connectivity index (χ2v) is 11.0. The molecule has 0 fully saturated rings. The molecule has 6 nitrogen and oxygen atoms in total. The molecule has 0 spiro atoms. The fourth-order valence-electron chi connectivity index (χ4n) is 4.98. The summed E-state index contributed by atoms with van der Waals surface area (Å²) in [6.07, 6.45) is -1.47. The molecule has 2 heterocycles. The third kappa shape index (κ3) is 5.68. The largest absolute Gasteiger partial charge is 0.416 e. The summed E-state index contributed by atoms with van der Waals surface area (Å²) in [6.45, 7) is 6.47. The number of benzene rings is 2. The number of carbonyl (C=O) groups excluding carboxylic acids is 2. The minimum Gasteiger partial charge on any atom is -0.352 e. The van der Waals surface area contributed by atoms with Crippen molar-refractivity contribution in [1.29, 1.82) is 0 Å². The third-order valence-corrected chi connectivity index (χ3v) is 7.08. The van der Waals surface area contributed by atoms with Crippen LogP contribution in [0.1, 0.15) is 63.4 Å². The van der Waals surface area contributed by atoms with E-state index in [1.807, 2.05) is 45.0 Å². The molecule has 2 aromatic heterocycles. The van der Waals surface area contributed by atoms with E-state index in [9.17, 15) is 22.8 Å². The van der Waals surface area contributed by atoms with Crippen molar-refractivity contribution >= 4 is 11.7 Å². The second-order valence-electron chi connectivity index (χ2n) is 11.0. The van der Waals surface area contributed by atoms with Crippen LogP contribution in [-0.4, -0.2) is 33.0 Å². The number of pyridine rings is 1. The quantitative estimate of drug-likeness (QED) is 0.304. The van der Waals surface area contributed by atoms with Crippen LogP contribution in [0.2, 0.25) is 0 Å². The fourth-order valence-corrected chi connectivity index (χ4v) is 4.98. The molecular formula is C31H29F3N4O2. The Morgan fingerprint density at radius 1 is 1.00 bits per heavy atom. The van der Waals surface area contributed by atoms with E-state index in [2.05, 4.69) is 15.4 Å². The Bertz CT molecular complexity index is 1550. The Hall–Kier alpha value is -4.27. The molecule has 1 N–H and O–H groups in total. The van der Waals surface area contributed by atoms with Crippen LogP contribution in [0.5, 0.6) is 0 Å². The number of amides is 1. The van der Waals surface area contributed by atoms with Crippen LogP contribution < -0.4 is 5.32 Å². The van der Waals surface area contributed by atoms with Gasteiger partial charge in [0.1, 0.15) is 5.69 Å². The summed E-state index contributed by atoms with van der Waals surface area (Å²) >= 11 is 0. The van der Waals surface area contributed by atoms with Gasteiger partial charge in [-0.05, 0) is 55.0 Å². The van der Waals surface area contributed by atoms with Crippen LogP contribution in [0.4, 0.5) is 13.2 Å². The first-order chi connectivity index (χ1) is 18.9. The van der Waals surface area contributed by atoms with E-state index < -0.39 is 11.7 Å². The van der Waals surface area contributed by atoms with E-state index in [1.165, 1.54) is 23.9 Å². The highest BCUT2D eigenvalue weighted by atomic mass is 19.4. The molecule has 9 heteroatoms.